The van der Waals surface area contributed by atoms with Crippen LogP contribution < -0.4 is 10.6 Å². The molecule has 0 atom stereocenters. The Morgan fingerprint density at radius 3 is 2.50 bits per heavy atom. The standard InChI is InChI=1S/C13H26N2O/c1-3-11(4-2)10-15-13(16)9-12-5-7-14-8-6-12/h11-12,14H,3-10H2,1-2H3,(H,15,16). The average molecular weight is 226 g/mol. The molecule has 1 aliphatic heterocycles. The molecule has 0 bridgehead atoms. The molecule has 0 radical (unpaired) electrons. The monoisotopic (exact) mass is 226 g/mol. The quantitative estimate of drug-likeness (QED) is 0.726. The van der Waals surface area contributed by atoms with Crippen molar-refractivity contribution in [3.63, 3.8) is 0 Å². The lowest BCUT2D eigenvalue weighted by Gasteiger charge is -2.22. The van der Waals surface area contributed by atoms with Gasteiger partial charge < -0.3 is 10.6 Å². The van der Waals surface area contributed by atoms with E-state index in [2.05, 4.69) is 24.5 Å². The lowest BCUT2D eigenvalue weighted by molar-refractivity contribution is -0.122. The third-order valence-corrected chi connectivity index (χ3v) is 3.68. The van der Waals surface area contributed by atoms with Crippen LogP contribution in [0.3, 0.4) is 0 Å². The first-order valence-corrected chi connectivity index (χ1v) is 6.73. The van der Waals surface area contributed by atoms with Gasteiger partial charge >= 0.3 is 0 Å². The van der Waals surface area contributed by atoms with E-state index in [1.54, 1.807) is 0 Å². The van der Waals surface area contributed by atoms with Gasteiger partial charge in [0.1, 0.15) is 0 Å². The predicted molar refractivity (Wildman–Crippen MR) is 67.3 cm³/mol. The SMILES string of the molecule is CCC(CC)CNC(=O)CC1CCNCC1. The van der Waals surface area contributed by atoms with Crippen LogP contribution in [0, 0.1) is 11.8 Å². The molecular formula is C13H26N2O. The minimum absolute atomic E-state index is 0.249. The van der Waals surface area contributed by atoms with Crippen LogP contribution in [0.4, 0.5) is 0 Å². The van der Waals surface area contributed by atoms with Gasteiger partial charge in [0, 0.05) is 13.0 Å². The van der Waals surface area contributed by atoms with Crippen LogP contribution in [-0.4, -0.2) is 25.5 Å². The van der Waals surface area contributed by atoms with Gasteiger partial charge in [-0.15, -0.1) is 0 Å². The Morgan fingerprint density at radius 2 is 1.94 bits per heavy atom. The summed E-state index contributed by atoms with van der Waals surface area (Å²) in [5, 5.41) is 6.40. The Bertz CT molecular complexity index is 196. The van der Waals surface area contributed by atoms with Crippen LogP contribution in [0.25, 0.3) is 0 Å². The molecule has 1 heterocycles. The Balaban J connectivity index is 2.14. The second-order valence-corrected chi connectivity index (χ2v) is 4.88. The maximum atomic E-state index is 11.7. The first-order chi connectivity index (χ1) is 7.76. The van der Waals surface area contributed by atoms with Gasteiger partial charge in [-0.05, 0) is 37.8 Å². The van der Waals surface area contributed by atoms with Crippen molar-refractivity contribution in [3.8, 4) is 0 Å². The summed E-state index contributed by atoms with van der Waals surface area (Å²) >= 11 is 0. The van der Waals surface area contributed by atoms with Crippen LogP contribution >= 0.6 is 0 Å². The van der Waals surface area contributed by atoms with Crippen LogP contribution in [0.5, 0.6) is 0 Å². The lowest BCUT2D eigenvalue weighted by atomic mass is 9.94. The highest BCUT2D eigenvalue weighted by Crippen LogP contribution is 2.15. The number of hydrogen-bond donors (Lipinski definition) is 2. The van der Waals surface area contributed by atoms with E-state index in [0.717, 1.165) is 51.7 Å². The van der Waals surface area contributed by atoms with E-state index in [1.807, 2.05) is 0 Å². The molecule has 1 saturated heterocycles. The van der Waals surface area contributed by atoms with E-state index in [4.69, 9.17) is 0 Å². The predicted octanol–water partition coefficient (Wildman–Crippen LogP) is 1.93. The number of rotatable bonds is 6. The Kier molecular flexibility index (Phi) is 6.46. The topological polar surface area (TPSA) is 41.1 Å². The van der Waals surface area contributed by atoms with Gasteiger partial charge in [0.05, 0.1) is 0 Å². The van der Waals surface area contributed by atoms with E-state index >= 15 is 0 Å². The van der Waals surface area contributed by atoms with Crippen molar-refractivity contribution in [2.75, 3.05) is 19.6 Å². The Labute approximate surface area is 99.4 Å². The molecule has 0 saturated carbocycles. The Morgan fingerprint density at radius 1 is 1.31 bits per heavy atom. The molecular weight excluding hydrogens is 200 g/mol. The third kappa shape index (κ3) is 4.97. The van der Waals surface area contributed by atoms with Gasteiger partial charge in [-0.2, -0.15) is 0 Å². The second-order valence-electron chi connectivity index (χ2n) is 4.88. The molecule has 1 rings (SSSR count). The molecule has 0 aliphatic carbocycles. The molecule has 1 fully saturated rings. The van der Waals surface area contributed by atoms with Crippen molar-refractivity contribution in [3.05, 3.63) is 0 Å². The highest BCUT2D eigenvalue weighted by atomic mass is 16.1. The van der Waals surface area contributed by atoms with Gasteiger partial charge in [-0.1, -0.05) is 26.7 Å². The molecule has 0 spiro atoms. The number of hydrogen-bond acceptors (Lipinski definition) is 2. The number of nitrogens with one attached hydrogen (secondary N) is 2. The second kappa shape index (κ2) is 7.66. The maximum Gasteiger partial charge on any atom is 0.220 e. The van der Waals surface area contributed by atoms with Gasteiger partial charge in [0.15, 0.2) is 0 Å². The summed E-state index contributed by atoms with van der Waals surface area (Å²) < 4.78 is 0. The highest BCUT2D eigenvalue weighted by Gasteiger charge is 2.16. The molecule has 0 unspecified atom stereocenters. The van der Waals surface area contributed by atoms with Gasteiger partial charge in [-0.3, -0.25) is 4.79 Å². The summed E-state index contributed by atoms with van der Waals surface area (Å²) in [6.07, 6.45) is 5.34. The van der Waals surface area contributed by atoms with E-state index in [-0.39, 0.29) is 5.91 Å². The van der Waals surface area contributed by atoms with Crippen molar-refractivity contribution in [1.82, 2.24) is 10.6 Å². The first kappa shape index (κ1) is 13.5. The molecule has 0 aromatic carbocycles. The first-order valence-electron chi connectivity index (χ1n) is 6.73. The molecule has 1 amide bonds. The number of carbonyl (C=O) groups excluding carboxylic acids is 1. The van der Waals surface area contributed by atoms with Crippen molar-refractivity contribution >= 4 is 5.91 Å². The molecule has 3 nitrogen and oxygen atoms in total. The summed E-state index contributed by atoms with van der Waals surface area (Å²) in [6.45, 7) is 7.38. The van der Waals surface area contributed by atoms with Gasteiger partial charge in [-0.25, -0.2) is 0 Å². The molecule has 16 heavy (non-hydrogen) atoms. The van der Waals surface area contributed by atoms with Crippen LogP contribution in [0.15, 0.2) is 0 Å². The van der Waals surface area contributed by atoms with Crippen LogP contribution in [0.1, 0.15) is 46.0 Å². The molecule has 2 N–H and O–H groups in total. The largest absolute Gasteiger partial charge is 0.356 e. The van der Waals surface area contributed by atoms with Crippen molar-refractivity contribution in [2.24, 2.45) is 11.8 Å². The molecule has 0 aromatic rings. The number of piperidine rings is 1. The summed E-state index contributed by atoms with van der Waals surface area (Å²) in [4.78, 5) is 11.7. The molecule has 1 aliphatic rings. The number of amides is 1. The van der Waals surface area contributed by atoms with Gasteiger partial charge in [0.2, 0.25) is 5.91 Å². The fourth-order valence-electron chi connectivity index (χ4n) is 2.26. The van der Waals surface area contributed by atoms with Crippen molar-refractivity contribution in [1.29, 1.82) is 0 Å². The van der Waals surface area contributed by atoms with Crippen LogP contribution in [0.2, 0.25) is 0 Å². The minimum Gasteiger partial charge on any atom is -0.356 e. The zero-order valence-corrected chi connectivity index (χ0v) is 10.7. The van der Waals surface area contributed by atoms with Crippen molar-refractivity contribution in [2.45, 2.75) is 46.0 Å². The Hall–Kier alpha value is -0.570. The fourth-order valence-corrected chi connectivity index (χ4v) is 2.26. The van der Waals surface area contributed by atoms with Crippen molar-refractivity contribution < 1.29 is 4.79 Å². The third-order valence-electron chi connectivity index (χ3n) is 3.68. The zero-order chi connectivity index (χ0) is 11.8. The van der Waals surface area contributed by atoms with E-state index < -0.39 is 0 Å². The zero-order valence-electron chi connectivity index (χ0n) is 10.7. The van der Waals surface area contributed by atoms with E-state index in [9.17, 15) is 4.79 Å². The van der Waals surface area contributed by atoms with Gasteiger partial charge in [0.25, 0.3) is 0 Å². The fraction of sp³-hybridized carbons (Fsp3) is 0.923. The normalized spacial score (nSPS) is 17.7. The highest BCUT2D eigenvalue weighted by molar-refractivity contribution is 5.76. The summed E-state index contributed by atoms with van der Waals surface area (Å²) in [5.41, 5.74) is 0. The lowest BCUT2D eigenvalue weighted by Crippen LogP contribution is -2.34. The minimum atomic E-state index is 0.249. The average Bonchev–Trinajstić information content (AvgIpc) is 2.31. The maximum absolute atomic E-state index is 11.7. The summed E-state index contributed by atoms with van der Waals surface area (Å²) in [7, 11) is 0. The molecule has 94 valence electrons. The summed E-state index contributed by atoms with van der Waals surface area (Å²) in [6, 6.07) is 0. The van der Waals surface area contributed by atoms with Crippen LogP contribution in [-0.2, 0) is 4.79 Å². The number of carbonyl (C=O) groups is 1. The van der Waals surface area contributed by atoms with E-state index in [0.29, 0.717) is 11.8 Å². The van der Waals surface area contributed by atoms with E-state index in [1.165, 1.54) is 0 Å². The molecule has 3 heteroatoms. The molecule has 0 aromatic heterocycles. The smallest absolute Gasteiger partial charge is 0.220 e. The summed E-state index contributed by atoms with van der Waals surface area (Å²) in [5.74, 6) is 1.50.